The first-order valence-corrected chi connectivity index (χ1v) is 9.28. The summed E-state index contributed by atoms with van der Waals surface area (Å²) < 4.78 is 18.3. The van der Waals surface area contributed by atoms with E-state index in [1.165, 1.54) is 30.5 Å². The monoisotopic (exact) mass is 405 g/mol. The van der Waals surface area contributed by atoms with E-state index in [4.69, 9.17) is 4.74 Å². The van der Waals surface area contributed by atoms with Gasteiger partial charge in [-0.1, -0.05) is 0 Å². The summed E-state index contributed by atoms with van der Waals surface area (Å²) in [5.41, 5.74) is 4.51. The number of hydrogen-bond acceptors (Lipinski definition) is 4. The zero-order chi connectivity index (χ0) is 21.3. The lowest BCUT2D eigenvalue weighted by Gasteiger charge is -2.06. The van der Waals surface area contributed by atoms with Gasteiger partial charge in [-0.25, -0.2) is 9.82 Å². The fraction of sp³-hybridized carbons (Fsp3) is 0.0870. The number of hydrogen-bond donors (Lipinski definition) is 2. The molecule has 0 saturated heterocycles. The Bertz CT molecular complexity index is 1030. The average Bonchev–Trinajstić information content (AvgIpc) is 2.76. The summed E-state index contributed by atoms with van der Waals surface area (Å²) in [7, 11) is 0. The molecule has 2 amide bonds. The van der Waals surface area contributed by atoms with Crippen molar-refractivity contribution < 1.29 is 18.7 Å². The minimum Gasteiger partial charge on any atom is -0.494 e. The molecule has 0 saturated carbocycles. The number of benzene rings is 3. The number of amides is 2. The van der Waals surface area contributed by atoms with Crippen LogP contribution in [0.5, 0.6) is 5.75 Å². The van der Waals surface area contributed by atoms with Gasteiger partial charge < -0.3 is 10.1 Å². The van der Waals surface area contributed by atoms with Crippen molar-refractivity contribution in [2.75, 3.05) is 11.9 Å². The topological polar surface area (TPSA) is 79.8 Å². The van der Waals surface area contributed by atoms with E-state index in [0.717, 1.165) is 11.3 Å². The van der Waals surface area contributed by atoms with Crippen LogP contribution in [0.1, 0.15) is 33.2 Å². The Morgan fingerprint density at radius 3 is 2.13 bits per heavy atom. The Kier molecular flexibility index (Phi) is 6.89. The van der Waals surface area contributed by atoms with Crippen molar-refractivity contribution in [3.8, 4) is 5.75 Å². The Morgan fingerprint density at radius 2 is 1.50 bits per heavy atom. The smallest absolute Gasteiger partial charge is 0.271 e. The van der Waals surface area contributed by atoms with Gasteiger partial charge in [0, 0.05) is 16.8 Å². The lowest BCUT2D eigenvalue weighted by atomic mass is 10.1. The molecule has 0 radical (unpaired) electrons. The van der Waals surface area contributed by atoms with Crippen molar-refractivity contribution in [2.45, 2.75) is 6.92 Å². The maximum absolute atomic E-state index is 12.9. The van der Waals surface area contributed by atoms with Crippen molar-refractivity contribution in [3.05, 3.63) is 95.3 Å². The van der Waals surface area contributed by atoms with E-state index in [0.29, 0.717) is 23.4 Å². The zero-order valence-corrected chi connectivity index (χ0v) is 16.3. The number of nitrogens with one attached hydrogen (secondary N) is 2. The molecule has 2 N–H and O–H groups in total. The van der Waals surface area contributed by atoms with Crippen molar-refractivity contribution in [1.82, 2.24) is 5.43 Å². The molecule has 0 heterocycles. The molecule has 3 aromatic rings. The van der Waals surface area contributed by atoms with Gasteiger partial charge in [0.15, 0.2) is 0 Å². The molecule has 0 aliphatic carbocycles. The molecule has 0 fully saturated rings. The van der Waals surface area contributed by atoms with Gasteiger partial charge in [-0.15, -0.1) is 0 Å². The summed E-state index contributed by atoms with van der Waals surface area (Å²) in [6, 6.07) is 18.9. The van der Waals surface area contributed by atoms with Crippen LogP contribution >= 0.6 is 0 Å². The Labute approximate surface area is 173 Å². The summed E-state index contributed by atoms with van der Waals surface area (Å²) in [4.78, 5) is 24.3. The number of nitrogens with zero attached hydrogens (tertiary/aromatic N) is 1. The molecular weight excluding hydrogens is 385 g/mol. The average molecular weight is 405 g/mol. The second-order valence-electron chi connectivity index (χ2n) is 6.24. The van der Waals surface area contributed by atoms with E-state index in [1.54, 1.807) is 24.3 Å². The maximum atomic E-state index is 12.9. The van der Waals surface area contributed by atoms with Crippen LogP contribution in [0.25, 0.3) is 0 Å². The molecule has 0 spiro atoms. The third-order valence-electron chi connectivity index (χ3n) is 4.08. The molecule has 0 unspecified atom stereocenters. The van der Waals surface area contributed by atoms with E-state index in [1.807, 2.05) is 31.2 Å². The van der Waals surface area contributed by atoms with Crippen LogP contribution in [-0.2, 0) is 0 Å². The van der Waals surface area contributed by atoms with Crippen LogP contribution in [0.2, 0.25) is 0 Å². The van der Waals surface area contributed by atoms with E-state index >= 15 is 0 Å². The van der Waals surface area contributed by atoms with Gasteiger partial charge >= 0.3 is 0 Å². The fourth-order valence-corrected chi connectivity index (χ4v) is 2.56. The van der Waals surface area contributed by atoms with Gasteiger partial charge in [0.1, 0.15) is 11.6 Å². The molecule has 0 atom stereocenters. The van der Waals surface area contributed by atoms with Crippen molar-refractivity contribution in [3.63, 3.8) is 0 Å². The van der Waals surface area contributed by atoms with E-state index < -0.39 is 5.82 Å². The third-order valence-corrected chi connectivity index (χ3v) is 4.08. The number of carbonyl (C=O) groups is 2. The van der Waals surface area contributed by atoms with Gasteiger partial charge in [-0.05, 0) is 85.3 Å². The molecular formula is C23H20FN3O3. The second-order valence-corrected chi connectivity index (χ2v) is 6.24. The molecule has 0 bridgehead atoms. The molecule has 0 aliphatic rings. The highest BCUT2D eigenvalue weighted by molar-refractivity contribution is 6.04. The number of anilines is 1. The van der Waals surface area contributed by atoms with Gasteiger partial charge in [-0.2, -0.15) is 5.10 Å². The van der Waals surface area contributed by atoms with Gasteiger partial charge in [0.25, 0.3) is 11.8 Å². The summed E-state index contributed by atoms with van der Waals surface area (Å²) in [5.74, 6) is -0.391. The molecule has 7 heteroatoms. The first kappa shape index (κ1) is 20.7. The summed E-state index contributed by atoms with van der Waals surface area (Å²) in [6.07, 6.45) is 1.53. The highest BCUT2D eigenvalue weighted by Gasteiger charge is 2.08. The molecule has 152 valence electrons. The van der Waals surface area contributed by atoms with Crippen LogP contribution in [0.15, 0.2) is 77.9 Å². The first-order chi connectivity index (χ1) is 14.5. The largest absolute Gasteiger partial charge is 0.494 e. The Balaban J connectivity index is 1.54. The van der Waals surface area contributed by atoms with Crippen molar-refractivity contribution in [1.29, 1.82) is 0 Å². The lowest BCUT2D eigenvalue weighted by Crippen LogP contribution is -2.17. The van der Waals surface area contributed by atoms with Crippen LogP contribution in [0.4, 0.5) is 10.1 Å². The van der Waals surface area contributed by atoms with Crippen molar-refractivity contribution in [2.24, 2.45) is 5.10 Å². The van der Waals surface area contributed by atoms with Crippen LogP contribution < -0.4 is 15.5 Å². The van der Waals surface area contributed by atoms with Crippen LogP contribution in [-0.4, -0.2) is 24.6 Å². The first-order valence-electron chi connectivity index (χ1n) is 9.28. The number of halogens is 1. The number of rotatable bonds is 7. The normalized spacial score (nSPS) is 10.6. The standard InChI is InChI=1S/C23H20FN3O3/c1-2-30-21-13-3-16(4-14-21)15-25-27-23(29)18-7-11-20(12-8-18)26-22(28)17-5-9-19(24)10-6-17/h3-15H,2H2,1H3,(H,26,28)(H,27,29)/b25-15-. The van der Waals surface area contributed by atoms with E-state index in [9.17, 15) is 14.0 Å². The van der Waals surface area contributed by atoms with Gasteiger partial charge in [0.05, 0.1) is 12.8 Å². The SMILES string of the molecule is CCOc1ccc(/C=N\NC(=O)c2ccc(NC(=O)c3ccc(F)cc3)cc2)cc1. The van der Waals surface area contributed by atoms with Crippen LogP contribution in [0, 0.1) is 5.82 Å². The Hall–Kier alpha value is -4.00. The third kappa shape index (κ3) is 5.75. The number of ether oxygens (including phenoxy) is 1. The summed E-state index contributed by atoms with van der Waals surface area (Å²) in [5, 5.41) is 6.63. The zero-order valence-electron chi connectivity index (χ0n) is 16.3. The molecule has 3 aromatic carbocycles. The minimum absolute atomic E-state index is 0.335. The van der Waals surface area contributed by atoms with E-state index in [2.05, 4.69) is 15.8 Å². The number of carbonyl (C=O) groups excluding carboxylic acids is 2. The number of hydrazone groups is 1. The predicted octanol–water partition coefficient (Wildman–Crippen LogP) is 4.24. The van der Waals surface area contributed by atoms with Gasteiger partial charge in [-0.3, -0.25) is 9.59 Å². The predicted molar refractivity (Wildman–Crippen MR) is 113 cm³/mol. The minimum atomic E-state index is -0.410. The molecule has 3 rings (SSSR count). The quantitative estimate of drug-likeness (QED) is 0.456. The fourth-order valence-electron chi connectivity index (χ4n) is 2.56. The summed E-state index contributed by atoms with van der Waals surface area (Å²) >= 11 is 0. The molecule has 0 aliphatic heterocycles. The Morgan fingerprint density at radius 1 is 0.900 bits per heavy atom. The second kappa shape index (κ2) is 9.97. The lowest BCUT2D eigenvalue weighted by molar-refractivity contribution is 0.0954. The molecule has 6 nitrogen and oxygen atoms in total. The summed E-state index contributed by atoms with van der Waals surface area (Å²) in [6.45, 7) is 2.51. The highest BCUT2D eigenvalue weighted by Crippen LogP contribution is 2.13. The maximum Gasteiger partial charge on any atom is 0.271 e. The van der Waals surface area contributed by atoms with E-state index in [-0.39, 0.29) is 11.8 Å². The van der Waals surface area contributed by atoms with Crippen LogP contribution in [0.3, 0.4) is 0 Å². The van der Waals surface area contributed by atoms with Crippen molar-refractivity contribution >= 4 is 23.7 Å². The molecule has 30 heavy (non-hydrogen) atoms. The molecule has 0 aromatic heterocycles. The highest BCUT2D eigenvalue weighted by atomic mass is 19.1. The van der Waals surface area contributed by atoms with Gasteiger partial charge in [0.2, 0.25) is 0 Å².